The molecule has 1 amide bonds. The molecular formula is C14H27NO. The van der Waals surface area contributed by atoms with Crippen molar-refractivity contribution in [2.24, 2.45) is 10.8 Å². The molecule has 94 valence electrons. The van der Waals surface area contributed by atoms with Crippen molar-refractivity contribution >= 4 is 5.91 Å². The topological polar surface area (TPSA) is 29.1 Å². The first-order chi connectivity index (χ1) is 7.50. The largest absolute Gasteiger partial charge is 0.353 e. The van der Waals surface area contributed by atoms with E-state index in [4.69, 9.17) is 0 Å². The molecule has 16 heavy (non-hydrogen) atoms. The normalized spacial score (nSPS) is 36.8. The van der Waals surface area contributed by atoms with Gasteiger partial charge in [-0.05, 0) is 43.4 Å². The molecule has 2 nitrogen and oxygen atoms in total. The molecule has 0 radical (unpaired) electrons. The lowest BCUT2D eigenvalue weighted by atomic mass is 9.58. The number of hydrogen-bond donors (Lipinski definition) is 1. The Labute approximate surface area is 100 Å². The fourth-order valence-corrected chi connectivity index (χ4v) is 3.57. The smallest absolute Gasteiger partial charge is 0.219 e. The van der Waals surface area contributed by atoms with Gasteiger partial charge in [0.15, 0.2) is 0 Å². The fraction of sp³-hybridized carbons (Fsp3) is 0.929. The third kappa shape index (κ3) is 2.26. The molecule has 0 saturated heterocycles. The SMILES string of the molecule is CC.CCC(=O)NC(C)C12CCC(C)(C1)C2. The van der Waals surface area contributed by atoms with Crippen LogP contribution in [0.2, 0.25) is 0 Å². The van der Waals surface area contributed by atoms with E-state index in [1.807, 2.05) is 20.8 Å². The Kier molecular flexibility index (Phi) is 4.03. The lowest BCUT2D eigenvalue weighted by molar-refractivity contribution is -0.123. The Morgan fingerprint density at radius 2 is 1.88 bits per heavy atom. The molecular weight excluding hydrogens is 198 g/mol. The molecule has 3 saturated carbocycles. The minimum absolute atomic E-state index is 0.201. The Morgan fingerprint density at radius 3 is 2.25 bits per heavy atom. The molecule has 0 aromatic carbocycles. The maximum absolute atomic E-state index is 11.3. The summed E-state index contributed by atoms with van der Waals surface area (Å²) in [7, 11) is 0. The van der Waals surface area contributed by atoms with Crippen LogP contribution >= 0.6 is 0 Å². The molecule has 0 aromatic heterocycles. The van der Waals surface area contributed by atoms with E-state index in [-0.39, 0.29) is 5.91 Å². The summed E-state index contributed by atoms with van der Waals surface area (Å²) in [6.45, 7) is 10.5. The van der Waals surface area contributed by atoms with Gasteiger partial charge in [-0.1, -0.05) is 27.7 Å². The number of carbonyl (C=O) groups is 1. The maximum atomic E-state index is 11.3. The highest BCUT2D eigenvalue weighted by Crippen LogP contribution is 2.68. The second kappa shape index (κ2) is 4.77. The van der Waals surface area contributed by atoms with Crippen molar-refractivity contribution in [3.63, 3.8) is 0 Å². The van der Waals surface area contributed by atoms with Gasteiger partial charge in [-0.15, -0.1) is 0 Å². The highest BCUT2D eigenvalue weighted by Gasteiger charge is 2.60. The summed E-state index contributed by atoms with van der Waals surface area (Å²) in [5.74, 6) is 0.201. The zero-order valence-corrected chi connectivity index (χ0v) is 11.5. The number of nitrogens with one attached hydrogen (secondary N) is 1. The first kappa shape index (κ1) is 13.5. The van der Waals surface area contributed by atoms with Gasteiger partial charge >= 0.3 is 0 Å². The number of fused-ring (bicyclic) bond motifs is 1. The number of hydrogen-bond acceptors (Lipinski definition) is 1. The van der Waals surface area contributed by atoms with Crippen molar-refractivity contribution in [1.82, 2.24) is 5.32 Å². The molecule has 3 aliphatic carbocycles. The second-order valence-electron chi connectivity index (χ2n) is 5.67. The quantitative estimate of drug-likeness (QED) is 0.782. The van der Waals surface area contributed by atoms with Gasteiger partial charge in [0.25, 0.3) is 0 Å². The van der Waals surface area contributed by atoms with Gasteiger partial charge in [0.2, 0.25) is 5.91 Å². The van der Waals surface area contributed by atoms with E-state index in [2.05, 4.69) is 19.2 Å². The van der Waals surface area contributed by atoms with Crippen molar-refractivity contribution in [2.45, 2.75) is 72.8 Å². The van der Waals surface area contributed by atoms with Crippen LogP contribution < -0.4 is 5.32 Å². The van der Waals surface area contributed by atoms with Crippen molar-refractivity contribution in [3.8, 4) is 0 Å². The van der Waals surface area contributed by atoms with E-state index < -0.39 is 0 Å². The third-order valence-electron chi connectivity index (χ3n) is 4.40. The summed E-state index contributed by atoms with van der Waals surface area (Å²) >= 11 is 0. The van der Waals surface area contributed by atoms with Crippen LogP contribution in [-0.2, 0) is 4.79 Å². The minimum Gasteiger partial charge on any atom is -0.353 e. The Morgan fingerprint density at radius 1 is 1.31 bits per heavy atom. The molecule has 1 atom stereocenters. The third-order valence-corrected chi connectivity index (χ3v) is 4.40. The molecule has 3 aliphatic rings. The molecule has 0 heterocycles. The van der Waals surface area contributed by atoms with Gasteiger partial charge in [-0.2, -0.15) is 0 Å². The van der Waals surface area contributed by atoms with Crippen LogP contribution in [0.15, 0.2) is 0 Å². The van der Waals surface area contributed by atoms with Crippen LogP contribution in [0.5, 0.6) is 0 Å². The van der Waals surface area contributed by atoms with Crippen molar-refractivity contribution in [3.05, 3.63) is 0 Å². The zero-order valence-electron chi connectivity index (χ0n) is 11.5. The number of amides is 1. The summed E-state index contributed by atoms with van der Waals surface area (Å²) in [6, 6.07) is 0.380. The molecule has 0 spiro atoms. The minimum atomic E-state index is 0.201. The Bertz CT molecular complexity index is 253. The number of carbonyl (C=O) groups excluding carboxylic acids is 1. The van der Waals surface area contributed by atoms with Gasteiger partial charge < -0.3 is 5.32 Å². The standard InChI is InChI=1S/C12H21NO.C2H6/c1-4-10(14)13-9(2)12-6-5-11(3,7-12)8-12;1-2/h9H,4-8H2,1-3H3,(H,13,14);1-2H3. The lowest BCUT2D eigenvalue weighted by Crippen LogP contribution is -2.50. The zero-order chi connectivity index (χ0) is 12.4. The molecule has 0 aliphatic heterocycles. The highest BCUT2D eigenvalue weighted by atomic mass is 16.1. The van der Waals surface area contributed by atoms with Crippen LogP contribution in [0.3, 0.4) is 0 Å². The van der Waals surface area contributed by atoms with E-state index in [0.717, 1.165) is 0 Å². The molecule has 3 rings (SSSR count). The monoisotopic (exact) mass is 225 g/mol. The fourth-order valence-electron chi connectivity index (χ4n) is 3.57. The van der Waals surface area contributed by atoms with Crippen molar-refractivity contribution in [1.29, 1.82) is 0 Å². The van der Waals surface area contributed by atoms with Crippen LogP contribution in [0.25, 0.3) is 0 Å². The van der Waals surface area contributed by atoms with E-state index in [9.17, 15) is 4.79 Å². The Hall–Kier alpha value is -0.530. The van der Waals surface area contributed by atoms with Gasteiger partial charge in [0.05, 0.1) is 0 Å². The predicted molar refractivity (Wildman–Crippen MR) is 68.3 cm³/mol. The van der Waals surface area contributed by atoms with Crippen LogP contribution in [0.4, 0.5) is 0 Å². The summed E-state index contributed by atoms with van der Waals surface area (Å²) in [6.07, 6.45) is 5.93. The molecule has 2 bridgehead atoms. The highest BCUT2D eigenvalue weighted by molar-refractivity contribution is 5.75. The van der Waals surface area contributed by atoms with E-state index >= 15 is 0 Å². The summed E-state index contributed by atoms with van der Waals surface area (Å²) in [4.78, 5) is 11.3. The first-order valence-electron chi connectivity index (χ1n) is 6.79. The maximum Gasteiger partial charge on any atom is 0.219 e. The second-order valence-corrected chi connectivity index (χ2v) is 5.67. The molecule has 1 unspecified atom stereocenters. The van der Waals surface area contributed by atoms with Gasteiger partial charge in [-0.3, -0.25) is 4.79 Å². The van der Waals surface area contributed by atoms with Gasteiger partial charge in [0.1, 0.15) is 0 Å². The average Bonchev–Trinajstić information content (AvgIpc) is 2.75. The molecule has 1 N–H and O–H groups in total. The molecule has 3 fully saturated rings. The van der Waals surface area contributed by atoms with E-state index in [1.54, 1.807) is 0 Å². The molecule has 0 aromatic rings. The lowest BCUT2D eigenvalue weighted by Gasteiger charge is -2.49. The average molecular weight is 225 g/mol. The summed E-state index contributed by atoms with van der Waals surface area (Å²) < 4.78 is 0. The predicted octanol–water partition coefficient (Wildman–Crippen LogP) is 3.51. The van der Waals surface area contributed by atoms with Crippen molar-refractivity contribution in [2.75, 3.05) is 0 Å². The van der Waals surface area contributed by atoms with Crippen molar-refractivity contribution < 1.29 is 4.79 Å². The molecule has 2 heteroatoms. The van der Waals surface area contributed by atoms with Crippen LogP contribution in [-0.4, -0.2) is 11.9 Å². The van der Waals surface area contributed by atoms with Crippen LogP contribution in [0, 0.1) is 10.8 Å². The summed E-state index contributed by atoms with van der Waals surface area (Å²) in [5.41, 5.74) is 1.07. The Balaban J connectivity index is 0.000000606. The number of rotatable bonds is 3. The van der Waals surface area contributed by atoms with Crippen LogP contribution in [0.1, 0.15) is 66.7 Å². The summed E-state index contributed by atoms with van der Waals surface area (Å²) in [5, 5.41) is 3.13. The van der Waals surface area contributed by atoms with E-state index in [1.165, 1.54) is 25.7 Å². The van der Waals surface area contributed by atoms with E-state index in [0.29, 0.717) is 23.3 Å². The van der Waals surface area contributed by atoms with Gasteiger partial charge in [0, 0.05) is 12.5 Å². The first-order valence-corrected chi connectivity index (χ1v) is 6.79. The van der Waals surface area contributed by atoms with Gasteiger partial charge in [-0.25, -0.2) is 0 Å².